The summed E-state index contributed by atoms with van der Waals surface area (Å²) in [5.41, 5.74) is 0. The van der Waals surface area contributed by atoms with Gasteiger partial charge >= 0.3 is 5.97 Å². The van der Waals surface area contributed by atoms with Gasteiger partial charge in [0, 0.05) is 11.4 Å². The summed E-state index contributed by atoms with van der Waals surface area (Å²) in [4.78, 5) is 24.9. The van der Waals surface area contributed by atoms with E-state index in [1.54, 1.807) is 0 Å². The topological polar surface area (TPSA) is 66.8 Å². The van der Waals surface area contributed by atoms with Crippen LogP contribution in [0.2, 0.25) is 0 Å². The maximum absolute atomic E-state index is 12.0. The van der Waals surface area contributed by atoms with Crippen LogP contribution >= 0.6 is 11.8 Å². The minimum Gasteiger partial charge on any atom is -0.494 e. The fraction of sp³-hybridized carbons (Fsp3) is 0.333. The molecule has 21 heavy (non-hydrogen) atoms. The Balaban J connectivity index is 2.53. The molecule has 1 amide bonds. The Morgan fingerprint density at radius 3 is 2.57 bits per heavy atom. The van der Waals surface area contributed by atoms with Gasteiger partial charge in [-0.25, -0.2) is 0 Å². The number of amides is 1. The number of carbonyl (C=O) groups excluding carboxylic acids is 1. The normalized spacial score (nSPS) is 9.95. The van der Waals surface area contributed by atoms with Crippen LogP contribution in [0.15, 0.2) is 41.8 Å². The highest BCUT2D eigenvalue weighted by molar-refractivity contribution is 8.00. The van der Waals surface area contributed by atoms with Crippen LogP contribution in [0, 0.1) is 0 Å². The number of hydrogen-bond donors (Lipinski definition) is 1. The zero-order valence-electron chi connectivity index (χ0n) is 11.9. The molecule has 0 unspecified atom stereocenters. The van der Waals surface area contributed by atoms with Crippen molar-refractivity contribution in [2.75, 3.05) is 25.4 Å². The van der Waals surface area contributed by atoms with E-state index in [0.717, 1.165) is 10.6 Å². The van der Waals surface area contributed by atoms with Gasteiger partial charge in [-0.05, 0) is 31.2 Å². The molecule has 0 aliphatic rings. The van der Waals surface area contributed by atoms with E-state index in [4.69, 9.17) is 9.84 Å². The van der Waals surface area contributed by atoms with E-state index in [1.165, 1.54) is 22.7 Å². The van der Waals surface area contributed by atoms with Gasteiger partial charge in [-0.2, -0.15) is 0 Å². The zero-order valence-corrected chi connectivity index (χ0v) is 12.8. The van der Waals surface area contributed by atoms with E-state index in [1.807, 2.05) is 31.2 Å². The lowest BCUT2D eigenvalue weighted by molar-refractivity contribution is -0.143. The average Bonchev–Trinajstić information content (AvgIpc) is 2.45. The molecule has 5 nitrogen and oxygen atoms in total. The molecule has 6 heteroatoms. The van der Waals surface area contributed by atoms with Gasteiger partial charge in [-0.15, -0.1) is 18.3 Å². The molecule has 0 aromatic heterocycles. The van der Waals surface area contributed by atoms with Gasteiger partial charge in [-0.3, -0.25) is 9.59 Å². The number of carbonyl (C=O) groups is 2. The molecule has 1 N–H and O–H groups in total. The standard InChI is InChI=1S/C15H19NO4S/c1-3-9-16(10-15(18)19)14(17)11-21-13-7-5-12(6-8-13)20-4-2/h3,5-8H,1,4,9-11H2,2H3,(H,18,19). The molecule has 1 aromatic carbocycles. The minimum atomic E-state index is -1.03. The number of rotatable bonds is 9. The lowest BCUT2D eigenvalue weighted by Gasteiger charge is -2.18. The van der Waals surface area contributed by atoms with Crippen molar-refractivity contribution in [1.29, 1.82) is 0 Å². The first-order chi connectivity index (χ1) is 10.1. The van der Waals surface area contributed by atoms with Crippen molar-refractivity contribution in [3.05, 3.63) is 36.9 Å². The molecular weight excluding hydrogens is 290 g/mol. The summed E-state index contributed by atoms with van der Waals surface area (Å²) in [5.74, 6) is -0.283. The number of benzene rings is 1. The number of aliphatic carboxylic acids is 1. The van der Waals surface area contributed by atoms with Crippen molar-refractivity contribution >= 4 is 23.6 Å². The molecule has 0 bridgehead atoms. The van der Waals surface area contributed by atoms with Crippen LogP contribution in [0.5, 0.6) is 5.75 Å². The number of carboxylic acids is 1. The minimum absolute atomic E-state index is 0.190. The first-order valence-corrected chi connectivity index (χ1v) is 7.51. The van der Waals surface area contributed by atoms with Gasteiger partial charge < -0.3 is 14.7 Å². The fourth-order valence-corrected chi connectivity index (χ4v) is 2.41. The number of carboxylic acid groups (broad SMARTS) is 1. The largest absolute Gasteiger partial charge is 0.494 e. The molecule has 0 saturated carbocycles. The van der Waals surface area contributed by atoms with Crippen molar-refractivity contribution in [3.8, 4) is 5.75 Å². The van der Waals surface area contributed by atoms with Crippen LogP contribution in [-0.4, -0.2) is 47.3 Å². The molecule has 1 aromatic rings. The predicted molar refractivity (Wildman–Crippen MR) is 82.7 cm³/mol. The molecule has 0 radical (unpaired) electrons. The second kappa shape index (κ2) is 9.07. The highest BCUT2D eigenvalue weighted by Crippen LogP contribution is 2.21. The Morgan fingerprint density at radius 2 is 2.05 bits per heavy atom. The summed E-state index contributed by atoms with van der Waals surface area (Å²) < 4.78 is 5.34. The van der Waals surface area contributed by atoms with E-state index < -0.39 is 5.97 Å². The van der Waals surface area contributed by atoms with Gasteiger partial charge in [0.05, 0.1) is 12.4 Å². The van der Waals surface area contributed by atoms with Crippen molar-refractivity contribution in [1.82, 2.24) is 4.90 Å². The smallest absolute Gasteiger partial charge is 0.323 e. The Bertz CT molecular complexity index is 487. The summed E-state index contributed by atoms with van der Waals surface area (Å²) in [6.07, 6.45) is 1.52. The summed E-state index contributed by atoms with van der Waals surface area (Å²) in [7, 11) is 0. The number of hydrogen-bond acceptors (Lipinski definition) is 4. The molecule has 0 aliphatic carbocycles. The maximum atomic E-state index is 12.0. The summed E-state index contributed by atoms with van der Waals surface area (Å²) >= 11 is 1.36. The SMILES string of the molecule is C=CCN(CC(=O)O)C(=O)CSc1ccc(OCC)cc1. The summed E-state index contributed by atoms with van der Waals surface area (Å²) in [5, 5.41) is 8.78. The van der Waals surface area contributed by atoms with Gasteiger partial charge in [0.2, 0.25) is 5.91 Å². The Morgan fingerprint density at radius 1 is 1.38 bits per heavy atom. The van der Waals surface area contributed by atoms with E-state index in [0.29, 0.717) is 6.61 Å². The third kappa shape index (κ3) is 6.35. The predicted octanol–water partition coefficient (Wildman–Crippen LogP) is 2.28. The van der Waals surface area contributed by atoms with Crippen LogP contribution in [0.3, 0.4) is 0 Å². The Kier molecular flexibility index (Phi) is 7.39. The average molecular weight is 309 g/mol. The number of nitrogens with zero attached hydrogens (tertiary/aromatic N) is 1. The third-order valence-corrected chi connectivity index (χ3v) is 3.52. The molecule has 0 fully saturated rings. The molecule has 0 spiro atoms. The van der Waals surface area contributed by atoms with E-state index >= 15 is 0 Å². The van der Waals surface area contributed by atoms with E-state index in [9.17, 15) is 9.59 Å². The van der Waals surface area contributed by atoms with Crippen LogP contribution in [0.4, 0.5) is 0 Å². The second-order valence-corrected chi connectivity index (χ2v) is 5.20. The third-order valence-electron chi connectivity index (χ3n) is 2.53. The summed E-state index contributed by atoms with van der Waals surface area (Å²) in [6.45, 7) is 5.97. The van der Waals surface area contributed by atoms with E-state index in [2.05, 4.69) is 6.58 Å². The number of ether oxygens (including phenoxy) is 1. The van der Waals surface area contributed by atoms with Gasteiger partial charge in [-0.1, -0.05) is 6.08 Å². The lowest BCUT2D eigenvalue weighted by Crippen LogP contribution is -2.36. The Hall–Kier alpha value is -1.95. The molecular formula is C15H19NO4S. The first kappa shape index (κ1) is 17.1. The highest BCUT2D eigenvalue weighted by atomic mass is 32.2. The second-order valence-electron chi connectivity index (χ2n) is 4.15. The van der Waals surface area contributed by atoms with Crippen molar-refractivity contribution in [3.63, 3.8) is 0 Å². The molecule has 0 aliphatic heterocycles. The van der Waals surface area contributed by atoms with E-state index in [-0.39, 0.29) is 24.7 Å². The molecule has 0 heterocycles. The van der Waals surface area contributed by atoms with Crippen molar-refractivity contribution < 1.29 is 19.4 Å². The number of thioether (sulfide) groups is 1. The molecule has 0 atom stereocenters. The quantitative estimate of drug-likeness (QED) is 0.560. The van der Waals surface area contributed by atoms with Crippen LogP contribution in [-0.2, 0) is 9.59 Å². The van der Waals surface area contributed by atoms with Crippen LogP contribution < -0.4 is 4.74 Å². The maximum Gasteiger partial charge on any atom is 0.323 e. The van der Waals surface area contributed by atoms with Crippen molar-refractivity contribution in [2.24, 2.45) is 0 Å². The molecule has 1 rings (SSSR count). The van der Waals surface area contributed by atoms with Gasteiger partial charge in [0.1, 0.15) is 12.3 Å². The molecule has 0 saturated heterocycles. The first-order valence-electron chi connectivity index (χ1n) is 6.53. The van der Waals surface area contributed by atoms with Crippen molar-refractivity contribution in [2.45, 2.75) is 11.8 Å². The summed E-state index contributed by atoms with van der Waals surface area (Å²) in [6, 6.07) is 7.43. The van der Waals surface area contributed by atoms with Crippen LogP contribution in [0.25, 0.3) is 0 Å². The highest BCUT2D eigenvalue weighted by Gasteiger charge is 2.15. The van der Waals surface area contributed by atoms with Gasteiger partial charge in [0.15, 0.2) is 0 Å². The lowest BCUT2D eigenvalue weighted by atomic mass is 10.3. The zero-order chi connectivity index (χ0) is 15.7. The Labute approximate surface area is 128 Å². The molecule has 114 valence electrons. The monoisotopic (exact) mass is 309 g/mol. The fourth-order valence-electron chi connectivity index (χ4n) is 1.61. The van der Waals surface area contributed by atoms with Gasteiger partial charge in [0.25, 0.3) is 0 Å². The van der Waals surface area contributed by atoms with Crippen LogP contribution in [0.1, 0.15) is 6.92 Å².